The van der Waals surface area contributed by atoms with E-state index >= 15 is 0 Å². The Labute approximate surface area is 238 Å². The number of rotatable bonds is 14. The second-order valence-corrected chi connectivity index (χ2v) is 8.77. The van der Waals surface area contributed by atoms with Gasteiger partial charge in [0, 0.05) is 21.7 Å². The van der Waals surface area contributed by atoms with Crippen molar-refractivity contribution in [1.82, 2.24) is 10.7 Å². The molecular formula is C30H32ClN3O6. The molecule has 3 aromatic rings. The molecule has 210 valence electrons. The third-order valence-electron chi connectivity index (χ3n) is 5.61. The van der Waals surface area contributed by atoms with Crippen LogP contribution in [0.25, 0.3) is 0 Å². The van der Waals surface area contributed by atoms with Crippen LogP contribution >= 0.6 is 11.6 Å². The van der Waals surface area contributed by atoms with Gasteiger partial charge >= 0.3 is 0 Å². The number of carbonyl (C=O) groups excluding carboxylic acids is 2. The van der Waals surface area contributed by atoms with E-state index in [9.17, 15) is 9.59 Å². The van der Waals surface area contributed by atoms with E-state index in [-0.39, 0.29) is 13.2 Å². The topological polar surface area (TPSA) is 107 Å². The number of hydrogen-bond acceptors (Lipinski definition) is 7. The Morgan fingerprint density at radius 1 is 0.975 bits per heavy atom. The van der Waals surface area contributed by atoms with Crippen molar-refractivity contribution in [2.45, 2.75) is 20.0 Å². The van der Waals surface area contributed by atoms with Crippen molar-refractivity contribution < 1.29 is 28.5 Å². The number of carbonyl (C=O) groups is 2. The Kier molecular flexibility index (Phi) is 11.4. The van der Waals surface area contributed by atoms with E-state index in [4.69, 9.17) is 30.5 Å². The monoisotopic (exact) mass is 565 g/mol. The maximum absolute atomic E-state index is 12.4. The van der Waals surface area contributed by atoms with Gasteiger partial charge in [0.15, 0.2) is 23.0 Å². The minimum Gasteiger partial charge on any atom is -0.493 e. The van der Waals surface area contributed by atoms with E-state index < -0.39 is 11.8 Å². The molecule has 9 nitrogen and oxygen atoms in total. The van der Waals surface area contributed by atoms with Crippen molar-refractivity contribution in [3.05, 3.63) is 94.5 Å². The molecule has 0 aromatic heterocycles. The van der Waals surface area contributed by atoms with Crippen molar-refractivity contribution in [2.75, 3.05) is 27.4 Å². The van der Waals surface area contributed by atoms with Gasteiger partial charge in [-0.3, -0.25) is 9.59 Å². The van der Waals surface area contributed by atoms with Crippen molar-refractivity contribution in [3.63, 3.8) is 0 Å². The van der Waals surface area contributed by atoms with E-state index in [1.54, 1.807) is 24.3 Å². The first-order chi connectivity index (χ1) is 19.4. The predicted octanol–water partition coefficient (Wildman–Crippen LogP) is 4.94. The Hall–Kier alpha value is -4.50. The van der Waals surface area contributed by atoms with Crippen LogP contribution in [0.15, 0.2) is 72.4 Å². The van der Waals surface area contributed by atoms with Gasteiger partial charge in [-0.15, -0.1) is 6.58 Å². The lowest BCUT2D eigenvalue weighted by Gasteiger charge is -2.17. The SMILES string of the molecule is C=CCc1cc(C=NNC(=O)CNC(=O)c2ccc(OC)c(OC)c2)cc(OCC)c1OCc1ccccc1Cl. The number of ether oxygens (including phenoxy) is 4. The lowest BCUT2D eigenvalue weighted by molar-refractivity contribution is -0.120. The molecule has 0 bridgehead atoms. The zero-order valence-corrected chi connectivity index (χ0v) is 23.4. The zero-order chi connectivity index (χ0) is 28.9. The standard InChI is InChI=1S/C30H32ClN3O6/c1-5-9-21-14-20(15-27(39-6-2)29(21)40-19-23-10-7-8-11-24(23)31)17-33-34-28(35)18-32-30(36)22-12-13-25(37-3)26(16-22)38-4/h5,7-8,10-17H,1,6,9,18-19H2,2-4H3,(H,32,36)(H,34,35). The van der Waals surface area contributed by atoms with Crippen molar-refractivity contribution in [2.24, 2.45) is 5.10 Å². The lowest BCUT2D eigenvalue weighted by Crippen LogP contribution is -2.34. The fourth-order valence-electron chi connectivity index (χ4n) is 3.72. The first-order valence-electron chi connectivity index (χ1n) is 12.5. The third-order valence-corrected chi connectivity index (χ3v) is 5.97. The highest BCUT2D eigenvalue weighted by Gasteiger charge is 2.15. The van der Waals surface area contributed by atoms with Crippen LogP contribution in [-0.4, -0.2) is 45.4 Å². The number of hydrazone groups is 1. The fraction of sp³-hybridized carbons (Fsp3) is 0.233. The van der Waals surface area contributed by atoms with Gasteiger partial charge in [0.25, 0.3) is 11.8 Å². The molecule has 2 amide bonds. The number of nitrogens with one attached hydrogen (secondary N) is 2. The summed E-state index contributed by atoms with van der Waals surface area (Å²) in [7, 11) is 2.98. The smallest absolute Gasteiger partial charge is 0.259 e. The van der Waals surface area contributed by atoms with Crippen molar-refractivity contribution in [1.29, 1.82) is 0 Å². The molecule has 40 heavy (non-hydrogen) atoms. The number of nitrogens with zero attached hydrogens (tertiary/aromatic N) is 1. The summed E-state index contributed by atoms with van der Waals surface area (Å²) in [6, 6.07) is 15.8. The minimum atomic E-state index is -0.499. The van der Waals surface area contributed by atoms with Crippen LogP contribution in [0.3, 0.4) is 0 Å². The van der Waals surface area contributed by atoms with Crippen LogP contribution in [0.2, 0.25) is 5.02 Å². The van der Waals surface area contributed by atoms with E-state index in [0.717, 1.165) is 11.1 Å². The maximum atomic E-state index is 12.4. The molecule has 0 aliphatic carbocycles. The second kappa shape index (κ2) is 15.2. The molecule has 2 N–H and O–H groups in total. The van der Waals surface area contributed by atoms with Gasteiger partial charge in [0.1, 0.15) is 6.61 Å². The largest absolute Gasteiger partial charge is 0.493 e. The third kappa shape index (κ3) is 8.25. The van der Waals surface area contributed by atoms with Gasteiger partial charge in [-0.1, -0.05) is 35.9 Å². The second-order valence-electron chi connectivity index (χ2n) is 8.36. The summed E-state index contributed by atoms with van der Waals surface area (Å²) in [6.07, 6.45) is 3.77. The molecule has 0 saturated heterocycles. The molecule has 0 radical (unpaired) electrons. The quantitative estimate of drug-likeness (QED) is 0.163. The van der Waals surface area contributed by atoms with Crippen molar-refractivity contribution >= 4 is 29.6 Å². The molecule has 10 heteroatoms. The summed E-state index contributed by atoms with van der Waals surface area (Å²) < 4.78 is 22.4. The number of hydrogen-bond donors (Lipinski definition) is 2. The molecule has 0 saturated carbocycles. The fourth-order valence-corrected chi connectivity index (χ4v) is 3.91. The first-order valence-corrected chi connectivity index (χ1v) is 12.9. The Balaban J connectivity index is 1.66. The molecule has 0 aliphatic rings. The first kappa shape index (κ1) is 30.0. The predicted molar refractivity (Wildman–Crippen MR) is 155 cm³/mol. The summed E-state index contributed by atoms with van der Waals surface area (Å²) in [5.41, 5.74) is 5.10. The molecule has 0 spiro atoms. The van der Waals surface area contributed by atoms with Crippen LogP contribution in [0.4, 0.5) is 0 Å². The average molecular weight is 566 g/mol. The van der Waals surface area contributed by atoms with Crippen LogP contribution in [0.1, 0.15) is 34.0 Å². The molecule has 0 aliphatic heterocycles. The zero-order valence-electron chi connectivity index (χ0n) is 22.7. The number of benzene rings is 3. The summed E-state index contributed by atoms with van der Waals surface area (Å²) in [5.74, 6) is 1.08. The summed E-state index contributed by atoms with van der Waals surface area (Å²) >= 11 is 6.28. The Morgan fingerprint density at radius 2 is 1.75 bits per heavy atom. The average Bonchev–Trinajstić information content (AvgIpc) is 2.96. The van der Waals surface area contributed by atoms with E-state index in [1.165, 1.54) is 26.5 Å². The summed E-state index contributed by atoms with van der Waals surface area (Å²) in [5, 5.41) is 7.19. The van der Waals surface area contributed by atoms with Crippen LogP contribution in [0.5, 0.6) is 23.0 Å². The summed E-state index contributed by atoms with van der Waals surface area (Å²) in [6.45, 7) is 6.13. The lowest BCUT2D eigenvalue weighted by atomic mass is 10.1. The molecule has 3 rings (SSSR count). The highest BCUT2D eigenvalue weighted by Crippen LogP contribution is 2.35. The van der Waals surface area contributed by atoms with Gasteiger partial charge in [-0.25, -0.2) is 5.43 Å². The molecule has 0 heterocycles. The highest BCUT2D eigenvalue weighted by molar-refractivity contribution is 6.31. The van der Waals surface area contributed by atoms with Crippen LogP contribution < -0.4 is 29.7 Å². The van der Waals surface area contributed by atoms with Crippen LogP contribution in [-0.2, 0) is 17.8 Å². The van der Waals surface area contributed by atoms with E-state index in [0.29, 0.717) is 52.2 Å². The van der Waals surface area contributed by atoms with Gasteiger partial charge < -0.3 is 24.3 Å². The molecule has 0 unspecified atom stereocenters. The molecule has 0 atom stereocenters. The van der Waals surface area contributed by atoms with E-state index in [1.807, 2.05) is 37.3 Å². The van der Waals surface area contributed by atoms with Gasteiger partial charge in [0.05, 0.1) is 33.6 Å². The molecule has 0 fully saturated rings. The summed E-state index contributed by atoms with van der Waals surface area (Å²) in [4.78, 5) is 24.7. The van der Waals surface area contributed by atoms with Crippen LogP contribution in [0, 0.1) is 0 Å². The molecule has 3 aromatic carbocycles. The number of amides is 2. The highest BCUT2D eigenvalue weighted by atomic mass is 35.5. The van der Waals surface area contributed by atoms with Crippen molar-refractivity contribution in [3.8, 4) is 23.0 Å². The minimum absolute atomic E-state index is 0.266. The van der Waals surface area contributed by atoms with E-state index in [2.05, 4.69) is 22.4 Å². The Morgan fingerprint density at radius 3 is 2.45 bits per heavy atom. The van der Waals surface area contributed by atoms with Gasteiger partial charge in [0.2, 0.25) is 0 Å². The number of halogens is 1. The normalized spacial score (nSPS) is 10.6. The molecular weight excluding hydrogens is 534 g/mol. The Bertz CT molecular complexity index is 1380. The van der Waals surface area contributed by atoms with Gasteiger partial charge in [-0.2, -0.15) is 5.10 Å². The maximum Gasteiger partial charge on any atom is 0.259 e. The van der Waals surface area contributed by atoms with Gasteiger partial charge in [-0.05, 0) is 55.3 Å². The number of allylic oxidation sites excluding steroid dienone is 1. The number of methoxy groups -OCH3 is 2.